The third-order valence-electron chi connectivity index (χ3n) is 6.63. The van der Waals surface area contributed by atoms with E-state index in [-0.39, 0.29) is 17.0 Å². The number of aryl methyl sites for hydroxylation is 1. The molecule has 4 aromatic carbocycles. The largest absolute Gasteiger partial charge is 0.497 e. The van der Waals surface area contributed by atoms with E-state index < -0.39 is 10.0 Å². The van der Waals surface area contributed by atoms with E-state index in [0.29, 0.717) is 17.3 Å². The lowest BCUT2D eigenvalue weighted by molar-refractivity contribution is 0.414. The van der Waals surface area contributed by atoms with Gasteiger partial charge in [-0.25, -0.2) is 0 Å². The maximum Gasteiger partial charge on any atom is 0.276 e. The Hall–Kier alpha value is -3.65. The summed E-state index contributed by atoms with van der Waals surface area (Å²) in [6.45, 7) is 2.59. The molecule has 5 rings (SSSR count). The van der Waals surface area contributed by atoms with Crippen molar-refractivity contribution >= 4 is 27.3 Å². The van der Waals surface area contributed by atoms with Gasteiger partial charge >= 0.3 is 0 Å². The van der Waals surface area contributed by atoms with Crippen molar-refractivity contribution in [3.8, 4) is 5.75 Å². The maximum absolute atomic E-state index is 13.1. The zero-order valence-electron chi connectivity index (χ0n) is 21.1. The molecule has 1 N–H and O–H groups in total. The standard InChI is InChI=1S/C30H28ClN3O3S/c1-21-8-18-27(19-9-21)38(35,36)33-32-28(23-10-14-25(31)15-11-23)30-29(24-12-16-26(37-2)17-13-24)34(30)20-22-6-4-3-5-7-22/h3-19,29-30,33H,20H2,1-2H3/b32-28-/t29-,30+,34?/m0/s1. The summed E-state index contributed by atoms with van der Waals surface area (Å²) in [5, 5.41) is 5.12. The number of methoxy groups -OCH3 is 1. The van der Waals surface area contributed by atoms with E-state index in [2.05, 4.69) is 27.0 Å². The van der Waals surface area contributed by atoms with Crippen molar-refractivity contribution in [3.63, 3.8) is 0 Å². The molecule has 1 unspecified atom stereocenters. The molecular weight excluding hydrogens is 518 g/mol. The molecule has 1 aliphatic rings. The molecule has 0 aliphatic carbocycles. The lowest BCUT2D eigenvalue weighted by Crippen LogP contribution is -2.24. The minimum absolute atomic E-state index is 0.000538. The third-order valence-corrected chi connectivity index (χ3v) is 8.10. The van der Waals surface area contributed by atoms with Crippen LogP contribution in [0.25, 0.3) is 0 Å². The highest BCUT2D eigenvalue weighted by Gasteiger charge is 2.51. The van der Waals surface area contributed by atoms with Gasteiger partial charge in [0.2, 0.25) is 0 Å². The number of hydrogen-bond acceptors (Lipinski definition) is 5. The van der Waals surface area contributed by atoms with E-state index in [1.165, 1.54) is 0 Å². The SMILES string of the molecule is COc1ccc([C@H]2[C@@H](/C(=N\NS(=O)(=O)c3ccc(C)cc3)c3ccc(Cl)cc3)N2Cc2ccccc2)cc1. The summed E-state index contributed by atoms with van der Waals surface area (Å²) in [5.41, 5.74) is 4.64. The smallest absolute Gasteiger partial charge is 0.276 e. The molecule has 1 saturated heterocycles. The van der Waals surface area contributed by atoms with Gasteiger partial charge in [0, 0.05) is 11.6 Å². The number of benzene rings is 4. The first kappa shape index (κ1) is 26.0. The number of hydrazone groups is 1. The van der Waals surface area contributed by atoms with Gasteiger partial charge in [-0.05, 0) is 60.0 Å². The van der Waals surface area contributed by atoms with Crippen molar-refractivity contribution in [1.29, 1.82) is 0 Å². The molecule has 38 heavy (non-hydrogen) atoms. The van der Waals surface area contributed by atoms with Gasteiger partial charge in [0.25, 0.3) is 10.0 Å². The number of hydrogen-bond donors (Lipinski definition) is 1. The molecule has 0 amide bonds. The Bertz CT molecular complexity index is 1520. The molecule has 0 spiro atoms. The molecule has 6 nitrogen and oxygen atoms in total. The van der Waals surface area contributed by atoms with E-state index in [1.807, 2.05) is 61.5 Å². The molecular formula is C30H28ClN3O3S. The van der Waals surface area contributed by atoms with Crippen molar-refractivity contribution < 1.29 is 13.2 Å². The van der Waals surface area contributed by atoms with Crippen LogP contribution in [0, 0.1) is 6.92 Å². The number of sulfonamides is 1. The monoisotopic (exact) mass is 545 g/mol. The second-order valence-electron chi connectivity index (χ2n) is 9.23. The molecule has 0 saturated carbocycles. The number of rotatable bonds is 9. The van der Waals surface area contributed by atoms with Crippen LogP contribution in [0.15, 0.2) is 113 Å². The molecule has 4 aromatic rings. The molecule has 0 bridgehead atoms. The Morgan fingerprint density at radius 2 is 1.58 bits per heavy atom. The van der Waals surface area contributed by atoms with Crippen LogP contribution >= 0.6 is 11.6 Å². The first-order chi connectivity index (χ1) is 18.4. The van der Waals surface area contributed by atoms with Crippen LogP contribution in [-0.2, 0) is 16.6 Å². The minimum atomic E-state index is -3.86. The van der Waals surface area contributed by atoms with Gasteiger partial charge in [-0.3, -0.25) is 4.90 Å². The first-order valence-electron chi connectivity index (χ1n) is 12.2. The van der Waals surface area contributed by atoms with Crippen LogP contribution in [-0.4, -0.2) is 32.2 Å². The van der Waals surface area contributed by atoms with Crippen LogP contribution < -0.4 is 9.57 Å². The first-order valence-corrected chi connectivity index (χ1v) is 14.1. The summed E-state index contributed by atoms with van der Waals surface area (Å²) < 4.78 is 31.6. The number of halogens is 1. The predicted octanol–water partition coefficient (Wildman–Crippen LogP) is 5.97. The quantitative estimate of drug-likeness (QED) is 0.160. The molecule has 8 heteroatoms. The van der Waals surface area contributed by atoms with Crippen molar-refractivity contribution in [2.75, 3.05) is 7.11 Å². The summed E-state index contributed by atoms with van der Waals surface area (Å²) >= 11 is 6.17. The number of ether oxygens (including phenoxy) is 1. The predicted molar refractivity (Wildman–Crippen MR) is 151 cm³/mol. The molecule has 1 aliphatic heterocycles. The van der Waals surface area contributed by atoms with Gasteiger partial charge in [-0.2, -0.15) is 18.4 Å². The Morgan fingerprint density at radius 1 is 0.921 bits per heavy atom. The van der Waals surface area contributed by atoms with Crippen LogP contribution in [0.1, 0.15) is 28.3 Å². The van der Waals surface area contributed by atoms with Crippen LogP contribution in [0.3, 0.4) is 0 Å². The van der Waals surface area contributed by atoms with E-state index in [4.69, 9.17) is 16.3 Å². The van der Waals surface area contributed by atoms with Gasteiger partial charge in [0.05, 0.1) is 29.8 Å². The van der Waals surface area contributed by atoms with Gasteiger partial charge in [-0.1, -0.05) is 83.9 Å². The summed E-state index contributed by atoms with van der Waals surface area (Å²) in [6.07, 6.45) is 0. The van der Waals surface area contributed by atoms with Crippen molar-refractivity contribution in [2.45, 2.75) is 30.4 Å². The summed E-state index contributed by atoms with van der Waals surface area (Å²) in [7, 11) is -2.22. The van der Waals surface area contributed by atoms with Gasteiger partial charge in [0.1, 0.15) is 5.75 Å². The average molecular weight is 546 g/mol. The Kier molecular flexibility index (Phi) is 7.51. The Balaban J connectivity index is 1.53. The fourth-order valence-electron chi connectivity index (χ4n) is 4.55. The highest BCUT2D eigenvalue weighted by Crippen LogP contribution is 2.46. The summed E-state index contributed by atoms with van der Waals surface area (Å²) in [6, 6.07) is 32.0. The molecule has 1 heterocycles. The molecule has 0 aromatic heterocycles. The fraction of sp³-hybridized carbons (Fsp3) is 0.167. The van der Waals surface area contributed by atoms with Crippen LogP contribution in [0.2, 0.25) is 5.02 Å². The summed E-state index contributed by atoms with van der Waals surface area (Å²) in [4.78, 5) is 4.94. The fourth-order valence-corrected chi connectivity index (χ4v) is 5.49. The lowest BCUT2D eigenvalue weighted by atomic mass is 10.0. The molecule has 194 valence electrons. The van der Waals surface area contributed by atoms with E-state index in [9.17, 15) is 8.42 Å². The van der Waals surface area contributed by atoms with Crippen LogP contribution in [0.5, 0.6) is 5.75 Å². The van der Waals surface area contributed by atoms with E-state index in [1.54, 1.807) is 43.5 Å². The topological polar surface area (TPSA) is 70.8 Å². The van der Waals surface area contributed by atoms with Crippen molar-refractivity contribution in [3.05, 3.63) is 130 Å². The molecule has 1 fully saturated rings. The highest BCUT2D eigenvalue weighted by molar-refractivity contribution is 7.89. The van der Waals surface area contributed by atoms with Crippen molar-refractivity contribution in [2.24, 2.45) is 5.10 Å². The second kappa shape index (κ2) is 11.0. The highest BCUT2D eigenvalue weighted by atomic mass is 35.5. The molecule has 3 atom stereocenters. The minimum Gasteiger partial charge on any atom is -0.497 e. The van der Waals surface area contributed by atoms with Gasteiger partial charge in [-0.15, -0.1) is 0 Å². The van der Waals surface area contributed by atoms with E-state index in [0.717, 1.165) is 28.0 Å². The normalized spacial score (nSPS) is 19.1. The third kappa shape index (κ3) is 5.75. The molecule has 0 radical (unpaired) electrons. The van der Waals surface area contributed by atoms with Gasteiger partial charge in [0.15, 0.2) is 0 Å². The Labute approximate surface area is 228 Å². The van der Waals surface area contributed by atoms with Gasteiger partial charge < -0.3 is 4.74 Å². The van der Waals surface area contributed by atoms with Crippen LogP contribution in [0.4, 0.5) is 0 Å². The summed E-state index contributed by atoms with van der Waals surface area (Å²) in [5.74, 6) is 0.776. The van der Waals surface area contributed by atoms with E-state index >= 15 is 0 Å². The zero-order chi connectivity index (χ0) is 26.7. The second-order valence-corrected chi connectivity index (χ2v) is 11.3. The Morgan fingerprint density at radius 3 is 2.21 bits per heavy atom. The average Bonchev–Trinajstić information content (AvgIpc) is 3.63. The number of nitrogens with zero attached hydrogens (tertiary/aromatic N) is 2. The van der Waals surface area contributed by atoms with Crippen molar-refractivity contribution in [1.82, 2.24) is 9.73 Å². The number of nitrogens with one attached hydrogen (secondary N) is 1. The maximum atomic E-state index is 13.1. The lowest BCUT2D eigenvalue weighted by Gasteiger charge is -2.10. The zero-order valence-corrected chi connectivity index (χ0v) is 22.7.